The van der Waals surface area contributed by atoms with Crippen molar-refractivity contribution in [2.24, 2.45) is 0 Å². The van der Waals surface area contributed by atoms with Crippen LogP contribution in [0.1, 0.15) is 35.1 Å². The maximum atomic E-state index is 13.8. The summed E-state index contributed by atoms with van der Waals surface area (Å²) in [6.07, 6.45) is 1.42. The Balaban J connectivity index is 2.08. The van der Waals surface area contributed by atoms with E-state index in [0.29, 0.717) is 22.2 Å². The second-order valence-corrected chi connectivity index (χ2v) is 5.44. The molecule has 0 bridgehead atoms. The fraction of sp³-hybridized carbons (Fsp3) is 0.286. The minimum atomic E-state index is -0.447. The Morgan fingerprint density at radius 3 is 2.90 bits per heavy atom. The van der Waals surface area contributed by atoms with Crippen molar-refractivity contribution >= 4 is 22.4 Å². The molecule has 0 aliphatic heterocycles. The first-order valence-electron chi connectivity index (χ1n) is 6.45. The van der Waals surface area contributed by atoms with Gasteiger partial charge in [-0.15, -0.1) is 0 Å². The van der Waals surface area contributed by atoms with E-state index in [1.807, 2.05) is 0 Å². The number of nitrogen functional groups attached to an aromatic ring is 1. The predicted molar refractivity (Wildman–Crippen MR) is 80.0 cm³/mol. The highest BCUT2D eigenvalue weighted by molar-refractivity contribution is 7.17. The molecular weight excluding hydrogens is 293 g/mol. The molecule has 1 heterocycles. The van der Waals surface area contributed by atoms with Crippen molar-refractivity contribution in [1.82, 2.24) is 10.3 Å². The molecule has 0 aliphatic carbocycles. The van der Waals surface area contributed by atoms with Gasteiger partial charge in [-0.3, -0.25) is 4.79 Å². The quantitative estimate of drug-likeness (QED) is 0.890. The summed E-state index contributed by atoms with van der Waals surface area (Å²) in [4.78, 5) is 16.2. The third-order valence-corrected chi connectivity index (χ3v) is 3.68. The highest BCUT2D eigenvalue weighted by Gasteiger charge is 2.15. The lowest BCUT2D eigenvalue weighted by molar-refractivity contribution is 0.0943. The third-order valence-electron chi connectivity index (χ3n) is 2.85. The normalized spacial score (nSPS) is 12.0. The summed E-state index contributed by atoms with van der Waals surface area (Å²) in [6.45, 7) is 3.96. The van der Waals surface area contributed by atoms with E-state index in [4.69, 9.17) is 10.5 Å². The van der Waals surface area contributed by atoms with Crippen LogP contribution in [0.2, 0.25) is 0 Å². The van der Waals surface area contributed by atoms with Crippen LogP contribution in [0.15, 0.2) is 24.4 Å². The van der Waals surface area contributed by atoms with Gasteiger partial charge in [-0.1, -0.05) is 17.4 Å². The third kappa shape index (κ3) is 3.69. The van der Waals surface area contributed by atoms with Crippen LogP contribution in [0.4, 0.5) is 9.52 Å². The molecule has 2 aromatic rings. The van der Waals surface area contributed by atoms with Crippen molar-refractivity contribution in [3.8, 4) is 5.75 Å². The van der Waals surface area contributed by atoms with Crippen molar-refractivity contribution in [1.29, 1.82) is 0 Å². The number of ether oxygens (including phenoxy) is 1. The van der Waals surface area contributed by atoms with Crippen LogP contribution in [-0.2, 0) is 0 Å². The minimum absolute atomic E-state index is 0.204. The number of carbonyl (C=O) groups is 1. The zero-order chi connectivity index (χ0) is 15.4. The van der Waals surface area contributed by atoms with E-state index in [2.05, 4.69) is 10.3 Å². The van der Waals surface area contributed by atoms with Crippen LogP contribution in [0, 0.1) is 5.82 Å². The molecule has 21 heavy (non-hydrogen) atoms. The lowest BCUT2D eigenvalue weighted by atomic mass is 10.1. The Labute approximate surface area is 126 Å². The molecule has 0 fully saturated rings. The maximum absolute atomic E-state index is 13.8. The fourth-order valence-electron chi connectivity index (χ4n) is 1.80. The Morgan fingerprint density at radius 1 is 1.57 bits per heavy atom. The van der Waals surface area contributed by atoms with E-state index in [-0.39, 0.29) is 17.7 Å². The molecule has 0 aliphatic rings. The number of aromatic nitrogens is 1. The molecule has 0 saturated heterocycles. The number of nitrogens with zero attached hydrogens (tertiary/aromatic N) is 1. The summed E-state index contributed by atoms with van der Waals surface area (Å²) in [7, 11) is 0. The molecule has 2 rings (SSSR count). The van der Waals surface area contributed by atoms with E-state index in [0.717, 1.165) is 11.3 Å². The van der Waals surface area contributed by atoms with Crippen LogP contribution in [0.3, 0.4) is 0 Å². The van der Waals surface area contributed by atoms with Crippen molar-refractivity contribution in [2.75, 3.05) is 12.3 Å². The summed E-state index contributed by atoms with van der Waals surface area (Å²) in [6, 6.07) is 4.30. The van der Waals surface area contributed by atoms with E-state index < -0.39 is 5.82 Å². The minimum Gasteiger partial charge on any atom is -0.491 e. The number of rotatable bonds is 5. The number of nitrogens with two attached hydrogens (primary N) is 1. The van der Waals surface area contributed by atoms with E-state index >= 15 is 0 Å². The van der Waals surface area contributed by atoms with Gasteiger partial charge in [0.2, 0.25) is 0 Å². The van der Waals surface area contributed by atoms with E-state index in [9.17, 15) is 9.18 Å². The molecule has 1 atom stereocenters. The molecular formula is C14H16FN3O2S. The number of anilines is 1. The summed E-state index contributed by atoms with van der Waals surface area (Å²) >= 11 is 1.11. The van der Waals surface area contributed by atoms with Crippen LogP contribution in [0.5, 0.6) is 5.75 Å². The summed E-state index contributed by atoms with van der Waals surface area (Å²) in [5.41, 5.74) is 6.14. The van der Waals surface area contributed by atoms with Crippen LogP contribution >= 0.6 is 11.3 Å². The van der Waals surface area contributed by atoms with Crippen LogP contribution < -0.4 is 15.8 Å². The number of carbonyl (C=O) groups excluding carboxylic acids is 1. The van der Waals surface area contributed by atoms with E-state index in [1.165, 1.54) is 12.3 Å². The Kier molecular flexibility index (Phi) is 4.74. The maximum Gasteiger partial charge on any atom is 0.263 e. The van der Waals surface area contributed by atoms with Gasteiger partial charge in [0.15, 0.2) is 16.7 Å². The van der Waals surface area contributed by atoms with Crippen LogP contribution in [0.25, 0.3) is 0 Å². The SMILES string of the molecule is CCOc1ccc(C(C)NC(=O)c2cnc(N)s2)cc1F. The summed E-state index contributed by atoms with van der Waals surface area (Å²) in [5, 5.41) is 3.11. The number of hydrogen-bond acceptors (Lipinski definition) is 5. The molecule has 5 nitrogen and oxygen atoms in total. The second-order valence-electron chi connectivity index (χ2n) is 4.38. The molecule has 0 radical (unpaired) electrons. The largest absolute Gasteiger partial charge is 0.491 e. The highest BCUT2D eigenvalue weighted by atomic mass is 32.1. The van der Waals surface area contributed by atoms with Gasteiger partial charge < -0.3 is 15.8 Å². The number of nitrogens with one attached hydrogen (secondary N) is 1. The first kappa shape index (κ1) is 15.2. The molecule has 0 saturated carbocycles. The standard InChI is InChI=1S/C14H16FN3O2S/c1-3-20-11-5-4-9(6-10(11)15)8(2)18-13(19)12-7-17-14(16)21-12/h4-8H,3H2,1-2H3,(H2,16,17)(H,18,19). The number of hydrogen-bond donors (Lipinski definition) is 2. The first-order valence-corrected chi connectivity index (χ1v) is 7.27. The van der Waals surface area contributed by atoms with Gasteiger partial charge in [-0.25, -0.2) is 9.37 Å². The summed E-state index contributed by atoms with van der Waals surface area (Å²) in [5.74, 6) is -0.529. The molecule has 1 unspecified atom stereocenters. The predicted octanol–water partition coefficient (Wildman–Crippen LogP) is 2.75. The zero-order valence-electron chi connectivity index (χ0n) is 11.7. The monoisotopic (exact) mass is 309 g/mol. The Bertz CT molecular complexity index is 645. The summed E-state index contributed by atoms with van der Waals surface area (Å²) < 4.78 is 18.9. The molecule has 112 valence electrons. The van der Waals surface area contributed by atoms with Gasteiger partial charge in [0.05, 0.1) is 18.8 Å². The Hall–Kier alpha value is -2.15. The highest BCUT2D eigenvalue weighted by Crippen LogP contribution is 2.23. The molecule has 1 aromatic carbocycles. The molecule has 1 amide bonds. The van der Waals surface area contributed by atoms with Crippen molar-refractivity contribution in [2.45, 2.75) is 19.9 Å². The molecule has 7 heteroatoms. The zero-order valence-corrected chi connectivity index (χ0v) is 12.5. The number of thiazole rings is 1. The molecule has 1 aromatic heterocycles. The van der Waals surface area contributed by atoms with Gasteiger partial charge in [0.25, 0.3) is 5.91 Å². The Morgan fingerprint density at radius 2 is 2.33 bits per heavy atom. The van der Waals surface area contributed by atoms with E-state index in [1.54, 1.807) is 26.0 Å². The lowest BCUT2D eigenvalue weighted by Crippen LogP contribution is -2.26. The van der Waals surface area contributed by atoms with Crippen molar-refractivity contribution in [3.63, 3.8) is 0 Å². The average molecular weight is 309 g/mol. The van der Waals surface area contributed by atoms with Gasteiger partial charge in [0, 0.05) is 0 Å². The van der Waals surface area contributed by atoms with Gasteiger partial charge in [-0.05, 0) is 31.5 Å². The smallest absolute Gasteiger partial charge is 0.263 e. The molecule has 3 N–H and O–H groups in total. The van der Waals surface area contributed by atoms with Crippen molar-refractivity contribution < 1.29 is 13.9 Å². The molecule has 0 spiro atoms. The topological polar surface area (TPSA) is 77.2 Å². The lowest BCUT2D eigenvalue weighted by Gasteiger charge is -2.14. The average Bonchev–Trinajstić information content (AvgIpc) is 2.88. The van der Waals surface area contributed by atoms with Gasteiger partial charge >= 0.3 is 0 Å². The fourth-order valence-corrected chi connectivity index (χ4v) is 2.39. The number of benzene rings is 1. The van der Waals surface area contributed by atoms with Gasteiger partial charge in [0.1, 0.15) is 4.88 Å². The number of amides is 1. The van der Waals surface area contributed by atoms with Crippen LogP contribution in [-0.4, -0.2) is 17.5 Å². The number of halogens is 1. The second kappa shape index (κ2) is 6.53. The first-order chi connectivity index (χ1) is 10.0. The van der Waals surface area contributed by atoms with Gasteiger partial charge in [-0.2, -0.15) is 0 Å². The van der Waals surface area contributed by atoms with Crippen molar-refractivity contribution in [3.05, 3.63) is 40.7 Å².